The minimum absolute atomic E-state index is 0.0695. The minimum Gasteiger partial charge on any atom is -0.359 e. The minimum atomic E-state index is -1.23. The first kappa shape index (κ1) is 17.6. The summed E-state index contributed by atoms with van der Waals surface area (Å²) >= 11 is 0. The van der Waals surface area contributed by atoms with E-state index in [1.807, 2.05) is 0 Å². The van der Waals surface area contributed by atoms with Gasteiger partial charge in [-0.2, -0.15) is 0 Å². The number of hydrogen-bond acceptors (Lipinski definition) is 12. The summed E-state index contributed by atoms with van der Waals surface area (Å²) in [6.07, 6.45) is 0. The highest BCUT2D eigenvalue weighted by atomic mass is 16.7. The van der Waals surface area contributed by atoms with Crippen molar-refractivity contribution in [2.45, 2.75) is 0 Å². The van der Waals surface area contributed by atoms with Crippen LogP contribution in [0.4, 0.5) is 0 Å². The van der Waals surface area contributed by atoms with Crippen molar-refractivity contribution in [3.8, 4) is 0 Å². The van der Waals surface area contributed by atoms with Gasteiger partial charge in [0.1, 0.15) is 19.7 Å². The second-order valence-corrected chi connectivity index (χ2v) is 5.34. The van der Waals surface area contributed by atoms with Crippen molar-refractivity contribution < 1.29 is 19.7 Å². The number of nitrogens with one attached hydrogen (secondary N) is 4. The quantitative estimate of drug-likeness (QED) is 0.307. The van der Waals surface area contributed by atoms with E-state index >= 15 is 0 Å². The van der Waals surface area contributed by atoms with Crippen LogP contribution < -0.4 is 21.3 Å². The van der Waals surface area contributed by atoms with Crippen LogP contribution in [-0.4, -0.2) is 45.9 Å². The van der Waals surface area contributed by atoms with Crippen LogP contribution in [0.5, 0.6) is 0 Å². The Morgan fingerprint density at radius 1 is 0.640 bits per heavy atom. The van der Waals surface area contributed by atoms with Crippen LogP contribution in [0.3, 0.4) is 0 Å². The summed E-state index contributed by atoms with van der Waals surface area (Å²) in [6, 6.07) is 0. The van der Waals surface area contributed by atoms with Crippen LogP contribution in [0.1, 0.15) is 0 Å². The molecule has 2 saturated heterocycles. The van der Waals surface area contributed by atoms with Gasteiger partial charge in [0.15, 0.2) is 0 Å². The molecule has 0 atom stereocenters. The average molecular weight is 360 g/mol. The molecule has 0 radical (unpaired) electrons. The number of hydrogen-bond donors (Lipinski definition) is 4. The van der Waals surface area contributed by atoms with Gasteiger partial charge in [-0.15, -0.1) is 0 Å². The molecule has 0 amide bonds. The molecule has 16 nitrogen and oxygen atoms in total. The van der Waals surface area contributed by atoms with Crippen molar-refractivity contribution in [1.82, 2.24) is 21.3 Å². The third-order valence-electron chi connectivity index (χ3n) is 3.70. The zero-order valence-electron chi connectivity index (χ0n) is 12.4. The summed E-state index contributed by atoms with van der Waals surface area (Å²) in [4.78, 5) is 38.4. The highest BCUT2D eigenvalue weighted by Crippen LogP contribution is 2.23. The third-order valence-corrected chi connectivity index (χ3v) is 3.70. The van der Waals surface area contributed by atoms with E-state index < -0.39 is 36.8 Å². The average Bonchev–Trinajstić information content (AvgIpc) is 2.50. The van der Waals surface area contributed by atoms with E-state index in [1.54, 1.807) is 0 Å². The van der Waals surface area contributed by atoms with Crippen molar-refractivity contribution in [3.63, 3.8) is 0 Å². The first-order valence-corrected chi connectivity index (χ1v) is 6.68. The summed E-state index contributed by atoms with van der Waals surface area (Å²) < 4.78 is 0. The molecular formula is C9H12N8O8. The van der Waals surface area contributed by atoms with Gasteiger partial charge in [-0.3, -0.25) is 40.5 Å². The molecule has 2 aliphatic heterocycles. The van der Waals surface area contributed by atoms with Gasteiger partial charge in [0.25, 0.3) is 11.6 Å². The number of nitrogens with zero attached hydrogens (tertiary/aromatic N) is 4. The molecule has 0 aliphatic carbocycles. The Morgan fingerprint density at radius 2 is 0.880 bits per heavy atom. The smallest absolute Gasteiger partial charge is 0.359 e. The fourth-order valence-electron chi connectivity index (χ4n) is 2.42. The lowest BCUT2D eigenvalue weighted by molar-refractivity contribution is -0.618. The fourth-order valence-corrected chi connectivity index (χ4v) is 2.42. The van der Waals surface area contributed by atoms with Crippen LogP contribution >= 0.6 is 0 Å². The van der Waals surface area contributed by atoms with Crippen LogP contribution in [0, 0.1) is 45.9 Å². The summed E-state index contributed by atoms with van der Waals surface area (Å²) in [7, 11) is 0. The Morgan fingerprint density at radius 3 is 1.08 bits per heavy atom. The first-order chi connectivity index (χ1) is 11.7. The molecule has 0 aromatic carbocycles. The molecule has 0 aromatic heterocycles. The van der Waals surface area contributed by atoms with Gasteiger partial charge in [-0.1, -0.05) is 0 Å². The normalized spacial score (nSPS) is 21.9. The van der Waals surface area contributed by atoms with Crippen LogP contribution in [0.2, 0.25) is 0 Å². The van der Waals surface area contributed by atoms with E-state index in [-0.39, 0.29) is 37.8 Å². The Kier molecular flexibility index (Phi) is 4.52. The molecule has 0 unspecified atom stereocenters. The van der Waals surface area contributed by atoms with Crippen LogP contribution in [0.25, 0.3) is 0 Å². The Balaban J connectivity index is 2.12. The molecule has 0 aromatic rings. The molecule has 0 bridgehead atoms. The van der Waals surface area contributed by atoms with E-state index in [0.29, 0.717) is 0 Å². The predicted molar refractivity (Wildman–Crippen MR) is 76.5 cm³/mol. The molecule has 1 spiro atoms. The van der Waals surface area contributed by atoms with Gasteiger partial charge in [0.05, 0.1) is 0 Å². The summed E-state index contributed by atoms with van der Waals surface area (Å²) in [5, 5.41) is 53.1. The summed E-state index contributed by atoms with van der Waals surface area (Å²) in [5.74, 6) is -3.15. The van der Waals surface area contributed by atoms with Crippen LogP contribution in [-0.2, 0) is 0 Å². The molecule has 2 rings (SSSR count). The highest BCUT2D eigenvalue weighted by molar-refractivity contribution is 5.12. The van der Waals surface area contributed by atoms with Gasteiger partial charge in [-0.25, -0.2) is 0 Å². The van der Waals surface area contributed by atoms with Crippen molar-refractivity contribution in [2.24, 2.45) is 5.41 Å². The van der Waals surface area contributed by atoms with Gasteiger partial charge in [0, 0.05) is 31.6 Å². The Hall–Kier alpha value is -3.72. The maximum atomic E-state index is 10.7. The molecule has 136 valence electrons. The fraction of sp³-hybridized carbons (Fsp3) is 0.556. The second-order valence-electron chi connectivity index (χ2n) is 5.34. The third kappa shape index (κ3) is 3.46. The lowest BCUT2D eigenvalue weighted by Crippen LogP contribution is -2.63. The molecule has 2 fully saturated rings. The topological polar surface area (TPSA) is 221 Å². The lowest BCUT2D eigenvalue weighted by Gasteiger charge is -2.41. The SMILES string of the molecule is O=[N+]([O-])C(=C1NCC2(CN1)CNC(=C([N+](=O)[O-])[N+](=O)[O-])NC2)[N+](=O)[O-]. The maximum absolute atomic E-state index is 10.7. The Labute approximate surface area is 137 Å². The zero-order valence-corrected chi connectivity index (χ0v) is 12.4. The molecule has 16 heteroatoms. The zero-order chi connectivity index (χ0) is 18.8. The monoisotopic (exact) mass is 360 g/mol. The predicted octanol–water partition coefficient (Wildman–Crippen LogP) is -2.28. The maximum Gasteiger partial charge on any atom is 0.599 e. The molecule has 2 aliphatic rings. The summed E-state index contributed by atoms with van der Waals surface area (Å²) in [6.45, 7) is 0.278. The summed E-state index contributed by atoms with van der Waals surface area (Å²) in [5.41, 5.74) is -0.663. The highest BCUT2D eigenvalue weighted by Gasteiger charge is 2.44. The second kappa shape index (κ2) is 6.42. The van der Waals surface area contributed by atoms with Gasteiger partial charge in [-0.05, 0) is 0 Å². The van der Waals surface area contributed by atoms with E-state index in [0.717, 1.165) is 0 Å². The first-order valence-electron chi connectivity index (χ1n) is 6.68. The van der Waals surface area contributed by atoms with Gasteiger partial charge in [0.2, 0.25) is 0 Å². The van der Waals surface area contributed by atoms with E-state index in [1.165, 1.54) is 0 Å². The van der Waals surface area contributed by atoms with Crippen molar-refractivity contribution in [3.05, 3.63) is 63.7 Å². The van der Waals surface area contributed by atoms with Crippen molar-refractivity contribution in [2.75, 3.05) is 26.2 Å². The van der Waals surface area contributed by atoms with Gasteiger partial charge < -0.3 is 21.3 Å². The molecule has 0 saturated carbocycles. The van der Waals surface area contributed by atoms with E-state index in [2.05, 4.69) is 21.3 Å². The lowest BCUT2D eigenvalue weighted by atomic mass is 9.84. The largest absolute Gasteiger partial charge is 0.599 e. The number of nitro groups is 4. The number of rotatable bonds is 4. The molecule has 25 heavy (non-hydrogen) atoms. The van der Waals surface area contributed by atoms with E-state index in [4.69, 9.17) is 0 Å². The van der Waals surface area contributed by atoms with Crippen molar-refractivity contribution >= 4 is 0 Å². The Bertz CT molecular complexity index is 599. The molecule has 4 N–H and O–H groups in total. The van der Waals surface area contributed by atoms with Crippen LogP contribution in [0.15, 0.2) is 23.3 Å². The van der Waals surface area contributed by atoms with E-state index in [9.17, 15) is 40.5 Å². The standard InChI is InChI=1S/C9H12N8O8/c18-14(19)7(15(20)21)5-10-1-9(2-11-5)3-12-6(13-4-9)8(16(22)23)17(24)25/h10-13H,1-4H2. The molecular weight excluding hydrogens is 348 g/mol. The van der Waals surface area contributed by atoms with Gasteiger partial charge >= 0.3 is 11.6 Å². The van der Waals surface area contributed by atoms with Crippen molar-refractivity contribution in [1.29, 1.82) is 0 Å². The molecule has 2 heterocycles.